The largest absolute Gasteiger partial charge is 0.345 e. The van der Waals surface area contributed by atoms with Gasteiger partial charge in [0.15, 0.2) is 5.78 Å². The van der Waals surface area contributed by atoms with Crippen molar-refractivity contribution in [3.05, 3.63) is 69.9 Å². The van der Waals surface area contributed by atoms with E-state index in [1.807, 2.05) is 0 Å². The fourth-order valence-electron chi connectivity index (χ4n) is 1.65. The van der Waals surface area contributed by atoms with Crippen molar-refractivity contribution in [3.8, 4) is 0 Å². The lowest BCUT2D eigenvalue weighted by Gasteiger charge is -2.06. The van der Waals surface area contributed by atoms with Crippen molar-refractivity contribution in [1.29, 1.82) is 0 Å². The van der Waals surface area contributed by atoms with Crippen molar-refractivity contribution in [3.63, 3.8) is 0 Å². The third kappa shape index (κ3) is 3.51. The summed E-state index contributed by atoms with van der Waals surface area (Å²) in [5.74, 6) is -1.21. The Morgan fingerprint density at radius 3 is 2.50 bits per heavy atom. The van der Waals surface area contributed by atoms with Crippen LogP contribution in [-0.4, -0.2) is 18.2 Å². The van der Waals surface area contributed by atoms with E-state index in [2.05, 4.69) is 21.2 Å². The zero-order chi connectivity index (χ0) is 14.5. The molecule has 0 aromatic heterocycles. The third-order valence-electron chi connectivity index (χ3n) is 2.68. The minimum absolute atomic E-state index is 0.133. The maximum atomic E-state index is 13.1. The van der Waals surface area contributed by atoms with Gasteiger partial charge in [0.2, 0.25) is 0 Å². The highest BCUT2D eigenvalue weighted by atomic mass is 79.9. The van der Waals surface area contributed by atoms with Crippen LogP contribution in [-0.2, 0) is 0 Å². The molecular formula is C15H11BrFNO2. The Kier molecular flexibility index (Phi) is 4.63. The minimum Gasteiger partial charge on any atom is -0.345 e. The average molecular weight is 336 g/mol. The Morgan fingerprint density at radius 2 is 1.80 bits per heavy atom. The van der Waals surface area contributed by atoms with E-state index in [4.69, 9.17) is 0 Å². The van der Waals surface area contributed by atoms with Crippen molar-refractivity contribution >= 4 is 27.6 Å². The molecule has 0 bridgehead atoms. The van der Waals surface area contributed by atoms with Crippen molar-refractivity contribution in [1.82, 2.24) is 5.32 Å². The molecule has 0 saturated heterocycles. The van der Waals surface area contributed by atoms with E-state index in [-0.39, 0.29) is 17.9 Å². The maximum absolute atomic E-state index is 13.1. The highest BCUT2D eigenvalue weighted by Gasteiger charge is 2.13. The van der Waals surface area contributed by atoms with E-state index in [1.54, 1.807) is 30.3 Å². The first kappa shape index (κ1) is 14.4. The summed E-state index contributed by atoms with van der Waals surface area (Å²) in [6.07, 6.45) is 0. The second-order valence-electron chi connectivity index (χ2n) is 4.10. The molecule has 2 aromatic carbocycles. The fourth-order valence-corrected chi connectivity index (χ4v) is 2.08. The van der Waals surface area contributed by atoms with E-state index in [1.165, 1.54) is 12.1 Å². The van der Waals surface area contributed by atoms with Gasteiger partial charge in [-0.3, -0.25) is 9.59 Å². The van der Waals surface area contributed by atoms with Gasteiger partial charge in [-0.1, -0.05) is 30.3 Å². The lowest BCUT2D eigenvalue weighted by molar-refractivity contribution is 0.0903. The number of hydrogen-bond acceptors (Lipinski definition) is 2. The van der Waals surface area contributed by atoms with Crippen LogP contribution in [0.2, 0.25) is 0 Å². The summed E-state index contributed by atoms with van der Waals surface area (Å²) in [4.78, 5) is 23.7. The van der Waals surface area contributed by atoms with Crippen LogP contribution < -0.4 is 5.32 Å². The molecule has 0 atom stereocenters. The predicted molar refractivity (Wildman–Crippen MR) is 77.2 cm³/mol. The molecule has 0 heterocycles. The summed E-state index contributed by atoms with van der Waals surface area (Å²) in [7, 11) is 0. The lowest BCUT2D eigenvalue weighted by atomic mass is 10.1. The Balaban J connectivity index is 2.02. The Morgan fingerprint density at radius 1 is 1.10 bits per heavy atom. The molecule has 5 heteroatoms. The normalized spacial score (nSPS) is 10.1. The molecule has 102 valence electrons. The first-order valence-electron chi connectivity index (χ1n) is 5.89. The first-order valence-corrected chi connectivity index (χ1v) is 6.69. The summed E-state index contributed by atoms with van der Waals surface area (Å²) >= 11 is 3.17. The zero-order valence-electron chi connectivity index (χ0n) is 10.4. The summed E-state index contributed by atoms with van der Waals surface area (Å²) in [6.45, 7) is -0.133. The van der Waals surface area contributed by atoms with Crippen LogP contribution in [0.25, 0.3) is 0 Å². The van der Waals surface area contributed by atoms with Crippen molar-refractivity contribution in [2.24, 2.45) is 0 Å². The highest BCUT2D eigenvalue weighted by Crippen LogP contribution is 2.17. The van der Waals surface area contributed by atoms with Gasteiger partial charge < -0.3 is 5.32 Å². The molecule has 1 amide bonds. The van der Waals surface area contributed by atoms with Crippen LogP contribution in [0, 0.1) is 5.82 Å². The molecule has 0 aliphatic carbocycles. The van der Waals surface area contributed by atoms with Crippen LogP contribution in [0.5, 0.6) is 0 Å². The number of rotatable bonds is 4. The molecule has 0 unspecified atom stereocenters. The van der Waals surface area contributed by atoms with Gasteiger partial charge in [0.05, 0.1) is 12.1 Å². The van der Waals surface area contributed by atoms with Crippen molar-refractivity contribution < 1.29 is 14.0 Å². The van der Waals surface area contributed by atoms with Gasteiger partial charge in [0.25, 0.3) is 5.91 Å². The van der Waals surface area contributed by atoms with E-state index < -0.39 is 11.7 Å². The number of ketones is 1. The summed E-state index contributed by atoms with van der Waals surface area (Å²) < 4.78 is 13.6. The number of amides is 1. The highest BCUT2D eigenvalue weighted by molar-refractivity contribution is 9.10. The number of carbonyl (C=O) groups excluding carboxylic acids is 2. The van der Waals surface area contributed by atoms with Gasteiger partial charge in [0, 0.05) is 10.0 Å². The smallest absolute Gasteiger partial charge is 0.252 e. The van der Waals surface area contributed by atoms with E-state index in [0.29, 0.717) is 10.0 Å². The van der Waals surface area contributed by atoms with Gasteiger partial charge in [-0.05, 0) is 34.1 Å². The fraction of sp³-hybridized carbons (Fsp3) is 0.0667. The monoisotopic (exact) mass is 335 g/mol. The molecule has 0 spiro atoms. The molecule has 0 fully saturated rings. The molecule has 3 nitrogen and oxygen atoms in total. The van der Waals surface area contributed by atoms with E-state index >= 15 is 0 Å². The van der Waals surface area contributed by atoms with Gasteiger partial charge in [-0.15, -0.1) is 0 Å². The molecule has 0 aliphatic heterocycles. The number of Topliss-reactive ketones (excluding diaryl/α,β-unsaturated/α-hetero) is 1. The predicted octanol–water partition coefficient (Wildman–Crippen LogP) is 3.20. The van der Waals surface area contributed by atoms with Gasteiger partial charge in [-0.25, -0.2) is 4.39 Å². The molecule has 0 radical (unpaired) electrons. The van der Waals surface area contributed by atoms with Crippen LogP contribution in [0.3, 0.4) is 0 Å². The maximum Gasteiger partial charge on any atom is 0.252 e. The van der Waals surface area contributed by atoms with Crippen molar-refractivity contribution in [2.75, 3.05) is 6.54 Å². The average Bonchev–Trinajstić information content (AvgIpc) is 2.47. The van der Waals surface area contributed by atoms with Gasteiger partial charge >= 0.3 is 0 Å². The summed E-state index contributed by atoms with van der Waals surface area (Å²) in [5.41, 5.74) is 0.678. The standard InChI is InChI=1S/C15H11BrFNO2/c16-13-7-6-11(17)8-12(13)15(20)18-9-14(19)10-4-2-1-3-5-10/h1-8H,9H2,(H,18,20). The number of hydrogen-bond donors (Lipinski definition) is 1. The summed E-state index contributed by atoms with van der Waals surface area (Å²) in [6, 6.07) is 12.5. The topological polar surface area (TPSA) is 46.2 Å². The molecule has 20 heavy (non-hydrogen) atoms. The molecule has 1 N–H and O–H groups in total. The van der Waals surface area contributed by atoms with Gasteiger partial charge in [-0.2, -0.15) is 0 Å². The first-order chi connectivity index (χ1) is 9.58. The third-order valence-corrected chi connectivity index (χ3v) is 3.37. The van der Waals surface area contributed by atoms with Crippen molar-refractivity contribution in [2.45, 2.75) is 0 Å². The summed E-state index contributed by atoms with van der Waals surface area (Å²) in [5, 5.41) is 2.48. The number of benzene rings is 2. The van der Waals surface area contributed by atoms with E-state index in [0.717, 1.165) is 6.07 Å². The number of halogens is 2. The second kappa shape index (κ2) is 6.43. The lowest BCUT2D eigenvalue weighted by Crippen LogP contribution is -2.29. The van der Waals surface area contributed by atoms with Crippen LogP contribution in [0.15, 0.2) is 53.0 Å². The molecule has 0 saturated carbocycles. The molecule has 0 aliphatic rings. The molecule has 2 rings (SSSR count). The van der Waals surface area contributed by atoms with Crippen LogP contribution >= 0.6 is 15.9 Å². The quantitative estimate of drug-likeness (QED) is 0.872. The Labute approximate surface area is 123 Å². The van der Waals surface area contributed by atoms with E-state index in [9.17, 15) is 14.0 Å². The minimum atomic E-state index is -0.507. The number of carbonyl (C=O) groups is 2. The second-order valence-corrected chi connectivity index (χ2v) is 4.95. The molecular weight excluding hydrogens is 325 g/mol. The van der Waals surface area contributed by atoms with Crippen LogP contribution in [0.4, 0.5) is 4.39 Å². The number of nitrogens with one attached hydrogen (secondary N) is 1. The van der Waals surface area contributed by atoms with Gasteiger partial charge in [0.1, 0.15) is 5.82 Å². The Hall–Kier alpha value is -2.01. The zero-order valence-corrected chi connectivity index (χ0v) is 12.0. The molecule has 2 aromatic rings. The SMILES string of the molecule is O=C(CNC(=O)c1cc(F)ccc1Br)c1ccccc1. The Bertz CT molecular complexity index is 644. The van der Waals surface area contributed by atoms with Crippen LogP contribution in [0.1, 0.15) is 20.7 Å².